The zero-order valence-corrected chi connectivity index (χ0v) is 12.6. The summed E-state index contributed by atoms with van der Waals surface area (Å²) in [4.78, 5) is 2.38. The van der Waals surface area contributed by atoms with Gasteiger partial charge in [0.15, 0.2) is 0 Å². The van der Waals surface area contributed by atoms with Crippen LogP contribution in [0.1, 0.15) is 29.7 Å². The molecule has 2 rings (SSSR count). The molecular formula is C16H26N2O. The van der Waals surface area contributed by atoms with E-state index in [0.29, 0.717) is 12.1 Å². The first-order chi connectivity index (χ1) is 9.08. The fourth-order valence-electron chi connectivity index (χ4n) is 2.50. The van der Waals surface area contributed by atoms with E-state index in [1.807, 2.05) is 0 Å². The number of likely N-dealkylation sites (N-methyl/N-ethyl adjacent to an activating group) is 1. The molecule has 19 heavy (non-hydrogen) atoms. The van der Waals surface area contributed by atoms with Crippen LogP contribution in [0.5, 0.6) is 0 Å². The highest BCUT2D eigenvalue weighted by Gasteiger charge is 2.19. The maximum atomic E-state index is 5.77. The Balaban J connectivity index is 1.97. The minimum Gasteiger partial charge on any atom is -0.374 e. The second kappa shape index (κ2) is 6.51. The highest BCUT2D eigenvalue weighted by atomic mass is 16.5. The minimum atomic E-state index is 0.313. The lowest BCUT2D eigenvalue weighted by Gasteiger charge is -2.31. The second-order valence-corrected chi connectivity index (χ2v) is 5.66. The van der Waals surface area contributed by atoms with E-state index < -0.39 is 0 Å². The van der Waals surface area contributed by atoms with E-state index in [-0.39, 0.29) is 0 Å². The van der Waals surface area contributed by atoms with Crippen LogP contribution in [0.15, 0.2) is 18.2 Å². The summed E-state index contributed by atoms with van der Waals surface area (Å²) in [5, 5.41) is 3.38. The van der Waals surface area contributed by atoms with Crippen LogP contribution in [0.2, 0.25) is 0 Å². The molecule has 0 aromatic heterocycles. The lowest BCUT2D eigenvalue weighted by molar-refractivity contribution is 0.00393. The maximum Gasteiger partial charge on any atom is 0.0826 e. The van der Waals surface area contributed by atoms with Gasteiger partial charge in [-0.3, -0.25) is 4.90 Å². The summed E-state index contributed by atoms with van der Waals surface area (Å²) in [6, 6.07) is 7.18. The van der Waals surface area contributed by atoms with Gasteiger partial charge in [0.1, 0.15) is 0 Å². The average Bonchev–Trinajstić information content (AvgIpc) is 2.42. The van der Waals surface area contributed by atoms with Crippen molar-refractivity contribution in [3.05, 3.63) is 34.9 Å². The summed E-state index contributed by atoms with van der Waals surface area (Å²) in [6.07, 6.45) is 0.313. The molecule has 0 radical (unpaired) electrons. The SMILES string of the molecule is Cc1ccc(C(C)N(C)CC2CNCCO2)cc1C. The molecule has 0 saturated carbocycles. The standard InChI is InChI=1S/C16H26N2O/c1-12-5-6-15(9-13(12)2)14(3)18(4)11-16-10-17-7-8-19-16/h5-6,9,14,16-17H,7-8,10-11H2,1-4H3. The first kappa shape index (κ1) is 14.5. The normalized spacial score (nSPS) is 21.6. The Morgan fingerprint density at radius 1 is 1.37 bits per heavy atom. The molecule has 1 aliphatic rings. The van der Waals surface area contributed by atoms with Gasteiger partial charge in [-0.2, -0.15) is 0 Å². The van der Waals surface area contributed by atoms with E-state index in [0.717, 1.165) is 26.2 Å². The highest BCUT2D eigenvalue weighted by Crippen LogP contribution is 2.21. The van der Waals surface area contributed by atoms with Crippen LogP contribution in [0.4, 0.5) is 0 Å². The van der Waals surface area contributed by atoms with Crippen molar-refractivity contribution in [1.29, 1.82) is 0 Å². The molecule has 0 bridgehead atoms. The fraction of sp³-hybridized carbons (Fsp3) is 0.625. The zero-order chi connectivity index (χ0) is 13.8. The van der Waals surface area contributed by atoms with Gasteiger partial charge in [-0.15, -0.1) is 0 Å². The third-order valence-electron chi connectivity index (χ3n) is 4.17. The quantitative estimate of drug-likeness (QED) is 0.901. The molecule has 3 nitrogen and oxygen atoms in total. The van der Waals surface area contributed by atoms with Crippen LogP contribution in [0.25, 0.3) is 0 Å². The van der Waals surface area contributed by atoms with Crippen molar-refractivity contribution in [2.45, 2.75) is 32.9 Å². The molecule has 1 N–H and O–H groups in total. The van der Waals surface area contributed by atoms with Crippen molar-refractivity contribution in [3.8, 4) is 0 Å². The predicted molar refractivity (Wildman–Crippen MR) is 79.6 cm³/mol. The highest BCUT2D eigenvalue weighted by molar-refractivity contribution is 5.31. The molecule has 1 saturated heterocycles. The molecule has 106 valence electrons. The predicted octanol–water partition coefficient (Wildman–Crippen LogP) is 2.28. The van der Waals surface area contributed by atoms with Gasteiger partial charge < -0.3 is 10.1 Å². The summed E-state index contributed by atoms with van der Waals surface area (Å²) in [5.41, 5.74) is 4.11. The lowest BCUT2D eigenvalue weighted by atomic mass is 10.0. The van der Waals surface area contributed by atoms with Gasteiger partial charge in [-0.05, 0) is 44.5 Å². The topological polar surface area (TPSA) is 24.5 Å². The van der Waals surface area contributed by atoms with Crippen LogP contribution in [-0.4, -0.2) is 44.3 Å². The summed E-state index contributed by atoms with van der Waals surface area (Å²) >= 11 is 0. The van der Waals surface area contributed by atoms with Crippen molar-refractivity contribution in [3.63, 3.8) is 0 Å². The van der Waals surface area contributed by atoms with Crippen LogP contribution >= 0.6 is 0 Å². The lowest BCUT2D eigenvalue weighted by Crippen LogP contribution is -2.44. The number of morpholine rings is 1. The number of nitrogens with one attached hydrogen (secondary N) is 1. The number of benzene rings is 1. The first-order valence-electron chi connectivity index (χ1n) is 7.17. The molecule has 1 aromatic rings. The largest absolute Gasteiger partial charge is 0.374 e. The Bertz CT molecular complexity index is 413. The minimum absolute atomic E-state index is 0.313. The van der Waals surface area contributed by atoms with Gasteiger partial charge in [0.05, 0.1) is 12.7 Å². The van der Waals surface area contributed by atoms with E-state index in [1.54, 1.807) is 0 Å². The number of ether oxygens (including phenoxy) is 1. The van der Waals surface area contributed by atoms with E-state index in [1.165, 1.54) is 16.7 Å². The summed E-state index contributed by atoms with van der Waals surface area (Å²) in [6.45, 7) is 10.4. The Hall–Kier alpha value is -0.900. The van der Waals surface area contributed by atoms with E-state index in [9.17, 15) is 0 Å². The maximum absolute atomic E-state index is 5.77. The van der Waals surface area contributed by atoms with Crippen LogP contribution in [0, 0.1) is 13.8 Å². The first-order valence-corrected chi connectivity index (χ1v) is 7.17. The van der Waals surface area contributed by atoms with Crippen LogP contribution < -0.4 is 5.32 Å². The van der Waals surface area contributed by atoms with Gasteiger partial charge in [-0.25, -0.2) is 0 Å². The molecule has 1 heterocycles. The second-order valence-electron chi connectivity index (χ2n) is 5.66. The molecule has 2 unspecified atom stereocenters. The van der Waals surface area contributed by atoms with Gasteiger partial charge >= 0.3 is 0 Å². The number of nitrogens with zero attached hydrogens (tertiary/aromatic N) is 1. The number of aryl methyl sites for hydroxylation is 2. The molecule has 0 spiro atoms. The van der Waals surface area contributed by atoms with Gasteiger partial charge in [0.25, 0.3) is 0 Å². The van der Waals surface area contributed by atoms with E-state index >= 15 is 0 Å². The Morgan fingerprint density at radius 3 is 2.79 bits per heavy atom. The van der Waals surface area contributed by atoms with Crippen LogP contribution in [-0.2, 0) is 4.74 Å². The third kappa shape index (κ3) is 3.78. The Morgan fingerprint density at radius 2 is 2.16 bits per heavy atom. The molecule has 0 aliphatic carbocycles. The molecule has 0 amide bonds. The number of rotatable bonds is 4. The zero-order valence-electron chi connectivity index (χ0n) is 12.6. The van der Waals surface area contributed by atoms with Crippen LogP contribution in [0.3, 0.4) is 0 Å². The van der Waals surface area contributed by atoms with E-state index in [2.05, 4.69) is 56.2 Å². The monoisotopic (exact) mass is 262 g/mol. The van der Waals surface area contributed by atoms with Gasteiger partial charge in [0.2, 0.25) is 0 Å². The van der Waals surface area contributed by atoms with Gasteiger partial charge in [-0.1, -0.05) is 18.2 Å². The fourth-order valence-corrected chi connectivity index (χ4v) is 2.50. The Labute approximate surface area is 116 Å². The molecule has 2 atom stereocenters. The van der Waals surface area contributed by atoms with Crippen molar-refractivity contribution in [2.24, 2.45) is 0 Å². The molecular weight excluding hydrogens is 236 g/mol. The molecule has 1 fully saturated rings. The molecule has 1 aliphatic heterocycles. The van der Waals surface area contributed by atoms with Crippen molar-refractivity contribution < 1.29 is 4.74 Å². The number of hydrogen-bond acceptors (Lipinski definition) is 3. The summed E-state index contributed by atoms with van der Waals surface area (Å²) in [5.74, 6) is 0. The summed E-state index contributed by atoms with van der Waals surface area (Å²) < 4.78 is 5.77. The molecule has 1 aromatic carbocycles. The van der Waals surface area contributed by atoms with E-state index in [4.69, 9.17) is 4.74 Å². The average molecular weight is 262 g/mol. The smallest absolute Gasteiger partial charge is 0.0826 e. The third-order valence-corrected chi connectivity index (χ3v) is 4.17. The van der Waals surface area contributed by atoms with Gasteiger partial charge in [0, 0.05) is 25.7 Å². The van der Waals surface area contributed by atoms with Crippen molar-refractivity contribution in [2.75, 3.05) is 33.3 Å². The number of hydrogen-bond donors (Lipinski definition) is 1. The molecule has 3 heteroatoms. The summed E-state index contributed by atoms with van der Waals surface area (Å²) in [7, 11) is 2.18. The van der Waals surface area contributed by atoms with Crippen molar-refractivity contribution >= 4 is 0 Å². The Kier molecular flexibility index (Phi) is 4.97. The van der Waals surface area contributed by atoms with Crippen molar-refractivity contribution in [1.82, 2.24) is 10.2 Å².